The van der Waals surface area contributed by atoms with Gasteiger partial charge in [-0.3, -0.25) is 14.4 Å². The molecule has 0 aliphatic carbocycles. The Balaban J connectivity index is 1.31. The maximum Gasteiger partial charge on any atom is 0.258 e. The van der Waals surface area contributed by atoms with Crippen molar-refractivity contribution >= 4 is 40.5 Å². The van der Waals surface area contributed by atoms with Gasteiger partial charge in [0.1, 0.15) is 0 Å². The largest absolute Gasteiger partial charge is 0.376 e. The molecule has 0 atom stereocenters. The zero-order valence-electron chi connectivity index (χ0n) is 20.7. The molecule has 0 heterocycles. The molecule has 7 nitrogen and oxygen atoms in total. The Bertz CT molecular complexity index is 1370. The van der Waals surface area contributed by atoms with Crippen LogP contribution in [0, 0.1) is 0 Å². The molecule has 0 radical (unpaired) electrons. The normalized spacial score (nSPS) is 10.3. The lowest BCUT2D eigenvalue weighted by molar-refractivity contribution is -0.114. The first-order chi connectivity index (χ1) is 17.9. The van der Waals surface area contributed by atoms with Gasteiger partial charge in [0.15, 0.2) is 0 Å². The first kappa shape index (κ1) is 25.2. The number of nitrogens with one attached hydrogen (secondary N) is 2. The molecule has 2 N–H and O–H groups in total. The molecule has 0 saturated carbocycles. The first-order valence-corrected chi connectivity index (χ1v) is 11.8. The fourth-order valence-electron chi connectivity index (χ4n) is 3.77. The topological polar surface area (TPSA) is 81.8 Å². The van der Waals surface area contributed by atoms with Gasteiger partial charge in [-0.1, -0.05) is 42.5 Å². The van der Waals surface area contributed by atoms with Crippen LogP contribution in [0.2, 0.25) is 0 Å². The fraction of sp³-hybridized carbons (Fsp3) is 0.100. The number of anilines is 4. The van der Waals surface area contributed by atoms with Gasteiger partial charge in [0, 0.05) is 48.0 Å². The van der Waals surface area contributed by atoms with Crippen LogP contribution in [-0.4, -0.2) is 38.4 Å². The zero-order valence-corrected chi connectivity index (χ0v) is 20.7. The van der Waals surface area contributed by atoms with Gasteiger partial charge >= 0.3 is 0 Å². The minimum atomic E-state index is -0.259. The van der Waals surface area contributed by atoms with Crippen molar-refractivity contribution in [2.45, 2.75) is 0 Å². The van der Waals surface area contributed by atoms with Crippen LogP contribution in [0.5, 0.6) is 0 Å². The van der Waals surface area contributed by atoms with Crippen molar-refractivity contribution in [3.05, 3.63) is 120 Å². The van der Waals surface area contributed by atoms with E-state index in [9.17, 15) is 14.4 Å². The summed E-state index contributed by atoms with van der Waals surface area (Å²) in [6, 6.07) is 32.6. The molecule has 4 aromatic carbocycles. The van der Waals surface area contributed by atoms with Crippen LogP contribution in [0.15, 0.2) is 109 Å². The van der Waals surface area contributed by atoms with E-state index in [0.717, 1.165) is 11.4 Å². The zero-order chi connectivity index (χ0) is 26.2. The van der Waals surface area contributed by atoms with Crippen molar-refractivity contribution < 1.29 is 14.4 Å². The van der Waals surface area contributed by atoms with E-state index in [4.69, 9.17) is 0 Å². The standard InChI is InChI=1S/C30H28N4O3/c1-33(26-12-5-3-6-13-26)29(36)22-16-18-24(19-17-22)31-21-28(35)32-25-11-9-10-23(20-25)30(37)34(2)27-14-7-4-8-15-27/h3-20,31H,21H2,1-2H3,(H,32,35). The van der Waals surface area contributed by atoms with Crippen LogP contribution in [0.3, 0.4) is 0 Å². The second-order valence-electron chi connectivity index (χ2n) is 8.46. The number of carbonyl (C=O) groups excluding carboxylic acids is 3. The van der Waals surface area contributed by atoms with Gasteiger partial charge in [-0.25, -0.2) is 0 Å². The molecule has 0 aromatic heterocycles. The van der Waals surface area contributed by atoms with E-state index in [-0.39, 0.29) is 24.3 Å². The third kappa shape index (κ3) is 6.41. The smallest absolute Gasteiger partial charge is 0.258 e. The summed E-state index contributed by atoms with van der Waals surface area (Å²) in [5.41, 5.74) is 3.85. The van der Waals surface area contributed by atoms with Crippen LogP contribution in [0.25, 0.3) is 0 Å². The maximum absolute atomic E-state index is 12.9. The molecular weight excluding hydrogens is 464 g/mol. The Morgan fingerprint density at radius 1 is 0.595 bits per heavy atom. The van der Waals surface area contributed by atoms with E-state index in [0.29, 0.717) is 22.5 Å². The van der Waals surface area contributed by atoms with E-state index in [1.165, 1.54) is 0 Å². The van der Waals surface area contributed by atoms with Gasteiger partial charge in [0.05, 0.1) is 6.54 Å². The van der Waals surface area contributed by atoms with Gasteiger partial charge in [-0.05, 0) is 66.7 Å². The third-order valence-electron chi connectivity index (χ3n) is 5.87. The average Bonchev–Trinajstić information content (AvgIpc) is 2.96. The highest BCUT2D eigenvalue weighted by molar-refractivity contribution is 6.07. The van der Waals surface area contributed by atoms with Gasteiger partial charge in [-0.2, -0.15) is 0 Å². The molecular formula is C30H28N4O3. The second-order valence-corrected chi connectivity index (χ2v) is 8.46. The minimum absolute atomic E-state index is 0.0271. The summed E-state index contributed by atoms with van der Waals surface area (Å²) in [5, 5.41) is 5.87. The van der Waals surface area contributed by atoms with Gasteiger partial charge in [0.2, 0.25) is 5.91 Å². The summed E-state index contributed by atoms with van der Waals surface area (Å²) < 4.78 is 0. The van der Waals surface area contributed by atoms with Crippen LogP contribution in [0.4, 0.5) is 22.7 Å². The van der Waals surface area contributed by atoms with E-state index < -0.39 is 0 Å². The SMILES string of the molecule is CN(C(=O)c1ccc(NCC(=O)Nc2cccc(C(=O)N(C)c3ccccc3)c2)cc1)c1ccccc1. The second kappa shape index (κ2) is 11.7. The lowest BCUT2D eigenvalue weighted by atomic mass is 10.1. The van der Waals surface area contributed by atoms with Crippen LogP contribution >= 0.6 is 0 Å². The summed E-state index contributed by atoms with van der Waals surface area (Å²) >= 11 is 0. The van der Waals surface area contributed by atoms with Crippen LogP contribution in [-0.2, 0) is 4.79 Å². The van der Waals surface area contributed by atoms with Crippen LogP contribution in [0.1, 0.15) is 20.7 Å². The number of rotatable bonds is 8. The molecule has 37 heavy (non-hydrogen) atoms. The third-order valence-corrected chi connectivity index (χ3v) is 5.87. The predicted octanol–water partition coefficient (Wildman–Crippen LogP) is 5.29. The highest BCUT2D eigenvalue weighted by atomic mass is 16.2. The van der Waals surface area contributed by atoms with E-state index >= 15 is 0 Å². The Morgan fingerprint density at radius 2 is 1.14 bits per heavy atom. The van der Waals surface area contributed by atoms with Crippen molar-refractivity contribution in [1.29, 1.82) is 0 Å². The Hall–Kier alpha value is -4.91. The van der Waals surface area contributed by atoms with Gasteiger partial charge in [-0.15, -0.1) is 0 Å². The number of hydrogen-bond donors (Lipinski definition) is 2. The Morgan fingerprint density at radius 3 is 1.70 bits per heavy atom. The lowest BCUT2D eigenvalue weighted by Gasteiger charge is -2.18. The fourth-order valence-corrected chi connectivity index (χ4v) is 3.77. The van der Waals surface area contributed by atoms with Gasteiger partial charge < -0.3 is 20.4 Å². The molecule has 7 heteroatoms. The number of hydrogen-bond acceptors (Lipinski definition) is 4. The van der Waals surface area contributed by atoms with Crippen molar-refractivity contribution in [2.75, 3.05) is 41.1 Å². The molecule has 0 bridgehead atoms. The summed E-state index contributed by atoms with van der Waals surface area (Å²) in [4.78, 5) is 41.3. The minimum Gasteiger partial charge on any atom is -0.376 e. The van der Waals surface area contributed by atoms with Crippen molar-refractivity contribution in [3.63, 3.8) is 0 Å². The number of amides is 3. The molecule has 0 aliphatic heterocycles. The number of carbonyl (C=O) groups is 3. The molecule has 0 saturated heterocycles. The number of para-hydroxylation sites is 2. The molecule has 0 fully saturated rings. The predicted molar refractivity (Wildman–Crippen MR) is 148 cm³/mol. The molecule has 186 valence electrons. The first-order valence-electron chi connectivity index (χ1n) is 11.8. The van der Waals surface area contributed by atoms with Gasteiger partial charge in [0.25, 0.3) is 11.8 Å². The number of nitrogens with zero attached hydrogens (tertiary/aromatic N) is 2. The summed E-state index contributed by atoms with van der Waals surface area (Å²) in [5.74, 6) is -0.555. The number of benzene rings is 4. The Kier molecular flexibility index (Phi) is 7.95. The summed E-state index contributed by atoms with van der Waals surface area (Å²) in [7, 11) is 3.45. The molecule has 0 unspecified atom stereocenters. The summed E-state index contributed by atoms with van der Waals surface area (Å²) in [6.07, 6.45) is 0. The molecule has 0 spiro atoms. The average molecular weight is 493 g/mol. The Labute approximate surface area is 216 Å². The highest BCUT2D eigenvalue weighted by Crippen LogP contribution is 2.19. The lowest BCUT2D eigenvalue weighted by Crippen LogP contribution is -2.26. The van der Waals surface area contributed by atoms with Crippen molar-refractivity contribution in [3.8, 4) is 0 Å². The maximum atomic E-state index is 12.9. The van der Waals surface area contributed by atoms with Crippen molar-refractivity contribution in [2.24, 2.45) is 0 Å². The summed E-state index contributed by atoms with van der Waals surface area (Å²) in [6.45, 7) is 0.0271. The quantitative estimate of drug-likeness (QED) is 0.350. The molecule has 4 rings (SSSR count). The molecule has 0 aliphatic rings. The van der Waals surface area contributed by atoms with Crippen LogP contribution < -0.4 is 20.4 Å². The highest BCUT2D eigenvalue weighted by Gasteiger charge is 2.15. The molecule has 4 aromatic rings. The monoisotopic (exact) mass is 492 g/mol. The van der Waals surface area contributed by atoms with E-state index in [1.54, 1.807) is 72.4 Å². The van der Waals surface area contributed by atoms with E-state index in [2.05, 4.69) is 10.6 Å². The molecule has 3 amide bonds. The van der Waals surface area contributed by atoms with E-state index in [1.807, 2.05) is 60.7 Å². The van der Waals surface area contributed by atoms with Crippen molar-refractivity contribution in [1.82, 2.24) is 0 Å².